The minimum Gasteiger partial charge on any atom is -0.377 e. The van der Waals surface area contributed by atoms with Crippen molar-refractivity contribution in [2.24, 2.45) is 16.3 Å². The lowest BCUT2D eigenvalue weighted by atomic mass is 9.57. The van der Waals surface area contributed by atoms with Crippen molar-refractivity contribution >= 4 is 5.96 Å². The van der Waals surface area contributed by atoms with Gasteiger partial charge in [0.15, 0.2) is 5.96 Å². The Kier molecular flexibility index (Phi) is 4.69. The van der Waals surface area contributed by atoms with Gasteiger partial charge in [-0.2, -0.15) is 0 Å². The number of nitrogens with one attached hydrogen (secondary N) is 1. The van der Waals surface area contributed by atoms with E-state index < -0.39 is 0 Å². The van der Waals surface area contributed by atoms with Crippen LogP contribution in [0.1, 0.15) is 31.7 Å². The van der Waals surface area contributed by atoms with E-state index in [2.05, 4.69) is 39.1 Å². The van der Waals surface area contributed by atoms with Crippen LogP contribution in [0, 0.1) is 18.3 Å². The minimum atomic E-state index is 0.170. The number of ether oxygens (including phenoxy) is 1. The minimum absolute atomic E-state index is 0.170. The van der Waals surface area contributed by atoms with Gasteiger partial charge in [0.25, 0.3) is 0 Å². The summed E-state index contributed by atoms with van der Waals surface area (Å²) >= 11 is 0. The molecule has 144 valence electrons. The van der Waals surface area contributed by atoms with Crippen LogP contribution in [-0.2, 0) is 11.3 Å². The van der Waals surface area contributed by atoms with E-state index in [0.717, 1.165) is 63.2 Å². The predicted octanol–water partition coefficient (Wildman–Crippen LogP) is 1.49. The molecule has 3 unspecified atom stereocenters. The number of aromatic nitrogens is 1. The van der Waals surface area contributed by atoms with Crippen LogP contribution in [0.2, 0.25) is 0 Å². The summed E-state index contributed by atoms with van der Waals surface area (Å²) in [5.41, 5.74) is 1.19. The molecule has 1 aliphatic carbocycles. The van der Waals surface area contributed by atoms with E-state index in [4.69, 9.17) is 9.26 Å². The Morgan fingerprint density at radius 3 is 2.77 bits per heavy atom. The summed E-state index contributed by atoms with van der Waals surface area (Å²) in [4.78, 5) is 9.37. The Balaban J connectivity index is 1.31. The van der Waals surface area contributed by atoms with E-state index in [1.165, 1.54) is 0 Å². The molecule has 0 bridgehead atoms. The van der Waals surface area contributed by atoms with E-state index in [0.29, 0.717) is 18.1 Å². The van der Waals surface area contributed by atoms with E-state index in [-0.39, 0.29) is 5.41 Å². The van der Waals surface area contributed by atoms with E-state index >= 15 is 0 Å². The second-order valence-corrected chi connectivity index (χ2v) is 8.43. The maximum atomic E-state index is 5.92. The second kappa shape index (κ2) is 6.85. The van der Waals surface area contributed by atoms with Crippen molar-refractivity contribution in [2.45, 2.75) is 45.9 Å². The van der Waals surface area contributed by atoms with Gasteiger partial charge in [0.05, 0.1) is 11.8 Å². The van der Waals surface area contributed by atoms with Gasteiger partial charge in [-0.05, 0) is 13.3 Å². The van der Waals surface area contributed by atoms with Crippen molar-refractivity contribution in [3.05, 3.63) is 17.5 Å². The van der Waals surface area contributed by atoms with Gasteiger partial charge in [0.2, 0.25) is 0 Å². The van der Waals surface area contributed by atoms with Crippen LogP contribution in [0.15, 0.2) is 15.6 Å². The fourth-order valence-corrected chi connectivity index (χ4v) is 4.89. The summed E-state index contributed by atoms with van der Waals surface area (Å²) in [5.74, 6) is 2.53. The molecule has 2 saturated heterocycles. The van der Waals surface area contributed by atoms with Crippen molar-refractivity contribution in [3.63, 3.8) is 0 Å². The topological polar surface area (TPSA) is 66.1 Å². The summed E-state index contributed by atoms with van der Waals surface area (Å²) in [5, 5.41) is 7.86. The quantitative estimate of drug-likeness (QED) is 0.650. The molecule has 0 spiro atoms. The molecule has 1 aromatic rings. The standard InChI is InChI=1S/C19H31N5O2/c1-13-11-14(22-26-13)12-23-6-8-24(9-7-23)18(20-4)21-16-15-5-10-25-17(15)19(16,2)3/h11,15-17H,5-10,12H2,1-4H3,(H,20,21). The molecule has 3 aliphatic rings. The Morgan fingerprint density at radius 2 is 2.12 bits per heavy atom. The van der Waals surface area contributed by atoms with Crippen molar-refractivity contribution in [1.29, 1.82) is 0 Å². The van der Waals surface area contributed by atoms with Crippen LogP contribution in [0.4, 0.5) is 0 Å². The third-order valence-corrected chi connectivity index (χ3v) is 6.33. The number of hydrogen-bond acceptors (Lipinski definition) is 5. The van der Waals surface area contributed by atoms with E-state index in [1.807, 2.05) is 20.0 Å². The van der Waals surface area contributed by atoms with Crippen LogP contribution in [0.5, 0.6) is 0 Å². The lowest BCUT2D eigenvalue weighted by Gasteiger charge is -2.55. The van der Waals surface area contributed by atoms with Gasteiger partial charge in [-0.15, -0.1) is 0 Å². The number of rotatable bonds is 3. The third kappa shape index (κ3) is 3.11. The zero-order valence-electron chi connectivity index (χ0n) is 16.4. The molecule has 0 radical (unpaired) electrons. The maximum absolute atomic E-state index is 5.92. The fraction of sp³-hybridized carbons (Fsp3) is 0.789. The summed E-state index contributed by atoms with van der Waals surface area (Å²) in [6.07, 6.45) is 1.56. The number of nitrogens with zero attached hydrogens (tertiary/aromatic N) is 4. The smallest absolute Gasteiger partial charge is 0.193 e. The van der Waals surface area contributed by atoms with Gasteiger partial charge in [-0.25, -0.2) is 0 Å². The number of guanidine groups is 1. The largest absolute Gasteiger partial charge is 0.377 e. The first kappa shape index (κ1) is 17.8. The summed E-state index contributed by atoms with van der Waals surface area (Å²) in [6, 6.07) is 2.47. The molecule has 0 amide bonds. The molecule has 0 aromatic carbocycles. The number of piperazine rings is 1. The Morgan fingerprint density at radius 1 is 1.35 bits per heavy atom. The lowest BCUT2D eigenvalue weighted by molar-refractivity contribution is -0.107. The SMILES string of the molecule is CN=C(NC1C2CCOC2C1(C)C)N1CCN(Cc2cc(C)on2)CC1. The Bertz CT molecular complexity index is 663. The van der Waals surface area contributed by atoms with Crippen molar-refractivity contribution in [2.75, 3.05) is 39.8 Å². The second-order valence-electron chi connectivity index (χ2n) is 8.43. The van der Waals surface area contributed by atoms with Crippen LogP contribution in [0.25, 0.3) is 0 Å². The highest BCUT2D eigenvalue weighted by atomic mass is 16.5. The monoisotopic (exact) mass is 361 g/mol. The number of aryl methyl sites for hydroxylation is 1. The molecule has 3 atom stereocenters. The zero-order valence-corrected chi connectivity index (χ0v) is 16.4. The van der Waals surface area contributed by atoms with Crippen LogP contribution < -0.4 is 5.32 Å². The van der Waals surface area contributed by atoms with Gasteiger partial charge >= 0.3 is 0 Å². The fourth-order valence-electron chi connectivity index (χ4n) is 4.89. The maximum Gasteiger partial charge on any atom is 0.193 e. The van der Waals surface area contributed by atoms with E-state index in [1.54, 1.807) is 0 Å². The van der Waals surface area contributed by atoms with Gasteiger partial charge in [-0.1, -0.05) is 19.0 Å². The molecular formula is C19H31N5O2. The highest BCUT2D eigenvalue weighted by Gasteiger charge is 2.59. The summed E-state index contributed by atoms with van der Waals surface area (Å²) in [7, 11) is 1.89. The first-order chi connectivity index (χ1) is 12.5. The molecule has 2 aliphatic heterocycles. The van der Waals surface area contributed by atoms with Crippen LogP contribution >= 0.6 is 0 Å². The normalized spacial score (nSPS) is 31.6. The zero-order chi connectivity index (χ0) is 18.3. The Labute approximate surface area is 155 Å². The highest BCUT2D eigenvalue weighted by molar-refractivity contribution is 5.80. The molecule has 7 nitrogen and oxygen atoms in total. The number of hydrogen-bond donors (Lipinski definition) is 1. The van der Waals surface area contributed by atoms with Gasteiger partial charge in [0, 0.05) is 69.8 Å². The highest BCUT2D eigenvalue weighted by Crippen LogP contribution is 2.52. The van der Waals surface area contributed by atoms with Gasteiger partial charge in [-0.3, -0.25) is 9.89 Å². The Hall–Kier alpha value is -1.60. The first-order valence-corrected chi connectivity index (χ1v) is 9.73. The van der Waals surface area contributed by atoms with Crippen LogP contribution in [-0.4, -0.2) is 72.9 Å². The van der Waals surface area contributed by atoms with Crippen molar-refractivity contribution in [3.8, 4) is 0 Å². The van der Waals surface area contributed by atoms with Gasteiger partial charge < -0.3 is 19.5 Å². The van der Waals surface area contributed by atoms with Gasteiger partial charge in [0.1, 0.15) is 5.76 Å². The van der Waals surface area contributed by atoms with Crippen LogP contribution in [0.3, 0.4) is 0 Å². The van der Waals surface area contributed by atoms with Crippen molar-refractivity contribution in [1.82, 2.24) is 20.3 Å². The number of fused-ring (bicyclic) bond motifs is 1. The molecular weight excluding hydrogens is 330 g/mol. The average molecular weight is 361 g/mol. The first-order valence-electron chi connectivity index (χ1n) is 9.73. The molecule has 26 heavy (non-hydrogen) atoms. The molecule has 3 fully saturated rings. The molecule has 1 N–H and O–H groups in total. The summed E-state index contributed by atoms with van der Waals surface area (Å²) in [6.45, 7) is 12.3. The summed E-state index contributed by atoms with van der Waals surface area (Å²) < 4.78 is 11.1. The molecule has 1 saturated carbocycles. The molecule has 7 heteroatoms. The third-order valence-electron chi connectivity index (χ3n) is 6.33. The van der Waals surface area contributed by atoms with Crippen molar-refractivity contribution < 1.29 is 9.26 Å². The number of aliphatic imine (C=N–C) groups is 1. The molecule has 3 heterocycles. The molecule has 4 rings (SSSR count). The molecule has 1 aromatic heterocycles. The predicted molar refractivity (Wildman–Crippen MR) is 100 cm³/mol. The van der Waals surface area contributed by atoms with E-state index in [9.17, 15) is 0 Å². The lowest BCUT2D eigenvalue weighted by Crippen LogP contribution is -2.68. The average Bonchev–Trinajstić information content (AvgIpc) is 3.24.